The summed E-state index contributed by atoms with van der Waals surface area (Å²) in [6.07, 6.45) is 5.01. The van der Waals surface area contributed by atoms with Gasteiger partial charge in [-0.1, -0.05) is 0 Å². The van der Waals surface area contributed by atoms with Crippen molar-refractivity contribution in [2.75, 3.05) is 13.1 Å². The van der Waals surface area contributed by atoms with E-state index in [9.17, 15) is 0 Å². The molecule has 1 aliphatic heterocycles. The third kappa shape index (κ3) is 1.81. The molecule has 0 saturated heterocycles. The van der Waals surface area contributed by atoms with Crippen molar-refractivity contribution in [2.24, 2.45) is 5.73 Å². The molecule has 1 atom stereocenters. The SMILES string of the molecule is CC(CCN)N1CCn2ccnc2C1. The molecule has 1 aliphatic rings. The highest BCUT2D eigenvalue weighted by atomic mass is 15.2. The molecule has 2 rings (SSSR count). The van der Waals surface area contributed by atoms with Crippen molar-refractivity contribution in [1.82, 2.24) is 14.5 Å². The van der Waals surface area contributed by atoms with Gasteiger partial charge in [0.1, 0.15) is 5.82 Å². The quantitative estimate of drug-likeness (QED) is 0.759. The molecule has 2 heterocycles. The topological polar surface area (TPSA) is 47.1 Å². The van der Waals surface area contributed by atoms with E-state index < -0.39 is 0 Å². The Morgan fingerprint density at radius 2 is 2.43 bits per heavy atom. The maximum Gasteiger partial charge on any atom is 0.122 e. The van der Waals surface area contributed by atoms with Gasteiger partial charge in [0.2, 0.25) is 0 Å². The van der Waals surface area contributed by atoms with Gasteiger partial charge in [0.15, 0.2) is 0 Å². The molecule has 0 radical (unpaired) electrons. The second-order valence-electron chi connectivity index (χ2n) is 3.93. The normalized spacial score (nSPS) is 19.3. The van der Waals surface area contributed by atoms with Crippen LogP contribution >= 0.6 is 0 Å². The number of nitrogens with two attached hydrogens (primary N) is 1. The van der Waals surface area contributed by atoms with Gasteiger partial charge < -0.3 is 10.3 Å². The van der Waals surface area contributed by atoms with Crippen molar-refractivity contribution in [3.05, 3.63) is 18.2 Å². The molecule has 0 amide bonds. The molecule has 0 aromatic carbocycles. The van der Waals surface area contributed by atoms with Gasteiger partial charge in [-0.3, -0.25) is 4.90 Å². The highest BCUT2D eigenvalue weighted by Crippen LogP contribution is 2.14. The molecule has 0 bridgehead atoms. The Labute approximate surface area is 84.7 Å². The Morgan fingerprint density at radius 3 is 3.21 bits per heavy atom. The van der Waals surface area contributed by atoms with Crippen LogP contribution < -0.4 is 5.73 Å². The summed E-state index contributed by atoms with van der Waals surface area (Å²) in [6, 6.07) is 0.574. The van der Waals surface area contributed by atoms with E-state index in [4.69, 9.17) is 5.73 Å². The van der Waals surface area contributed by atoms with Gasteiger partial charge >= 0.3 is 0 Å². The van der Waals surface area contributed by atoms with Gasteiger partial charge in [0, 0.05) is 31.5 Å². The number of hydrogen-bond donors (Lipinski definition) is 1. The van der Waals surface area contributed by atoms with E-state index in [0.717, 1.165) is 32.6 Å². The first kappa shape index (κ1) is 9.68. The first-order valence-electron chi connectivity index (χ1n) is 5.25. The minimum absolute atomic E-state index is 0.574. The lowest BCUT2D eigenvalue weighted by molar-refractivity contribution is 0.157. The average Bonchev–Trinajstić information content (AvgIpc) is 2.64. The zero-order valence-corrected chi connectivity index (χ0v) is 8.69. The number of hydrogen-bond acceptors (Lipinski definition) is 3. The number of aromatic nitrogens is 2. The predicted molar refractivity (Wildman–Crippen MR) is 55.8 cm³/mol. The van der Waals surface area contributed by atoms with Crippen molar-refractivity contribution in [3.8, 4) is 0 Å². The van der Waals surface area contributed by atoms with Crippen LogP contribution in [0.2, 0.25) is 0 Å². The molecular weight excluding hydrogens is 176 g/mol. The van der Waals surface area contributed by atoms with Crippen LogP contribution in [0.4, 0.5) is 0 Å². The van der Waals surface area contributed by atoms with E-state index in [2.05, 4.69) is 27.6 Å². The second kappa shape index (κ2) is 4.11. The van der Waals surface area contributed by atoms with Crippen molar-refractivity contribution >= 4 is 0 Å². The van der Waals surface area contributed by atoms with Crippen molar-refractivity contribution in [1.29, 1.82) is 0 Å². The molecule has 0 saturated carbocycles. The van der Waals surface area contributed by atoms with Crippen LogP contribution in [0.3, 0.4) is 0 Å². The smallest absolute Gasteiger partial charge is 0.122 e. The van der Waals surface area contributed by atoms with E-state index >= 15 is 0 Å². The van der Waals surface area contributed by atoms with Crippen molar-refractivity contribution in [2.45, 2.75) is 32.5 Å². The summed E-state index contributed by atoms with van der Waals surface area (Å²) in [5.41, 5.74) is 5.56. The van der Waals surface area contributed by atoms with Gasteiger partial charge in [-0.15, -0.1) is 0 Å². The van der Waals surface area contributed by atoms with Crippen LogP contribution in [0.15, 0.2) is 12.4 Å². The standard InChI is InChI=1S/C10H18N4/c1-9(2-3-11)14-7-6-13-5-4-12-10(13)8-14/h4-5,9H,2-3,6-8,11H2,1H3. The van der Waals surface area contributed by atoms with E-state index in [0.29, 0.717) is 6.04 Å². The van der Waals surface area contributed by atoms with Crippen LogP contribution in [-0.2, 0) is 13.1 Å². The molecule has 4 heteroatoms. The lowest BCUT2D eigenvalue weighted by Gasteiger charge is -2.32. The first-order chi connectivity index (χ1) is 6.81. The van der Waals surface area contributed by atoms with E-state index in [1.165, 1.54) is 5.82 Å². The number of imidazole rings is 1. The predicted octanol–water partition coefficient (Wildman–Crippen LogP) is 0.436. The number of fused-ring (bicyclic) bond motifs is 1. The first-order valence-corrected chi connectivity index (χ1v) is 5.25. The van der Waals surface area contributed by atoms with Crippen LogP contribution in [0, 0.1) is 0 Å². The van der Waals surface area contributed by atoms with Gasteiger partial charge in [0.25, 0.3) is 0 Å². The minimum atomic E-state index is 0.574. The Bertz CT molecular complexity index is 294. The third-order valence-corrected chi connectivity index (χ3v) is 2.98. The van der Waals surface area contributed by atoms with Gasteiger partial charge in [-0.2, -0.15) is 0 Å². The van der Waals surface area contributed by atoms with Crippen LogP contribution in [-0.4, -0.2) is 33.6 Å². The molecule has 0 aliphatic carbocycles. The summed E-state index contributed by atoms with van der Waals surface area (Å²) < 4.78 is 2.23. The van der Waals surface area contributed by atoms with Crippen molar-refractivity contribution in [3.63, 3.8) is 0 Å². The fraction of sp³-hybridized carbons (Fsp3) is 0.700. The summed E-state index contributed by atoms with van der Waals surface area (Å²) in [5, 5.41) is 0. The van der Waals surface area contributed by atoms with E-state index in [-0.39, 0.29) is 0 Å². The fourth-order valence-electron chi connectivity index (χ4n) is 1.99. The van der Waals surface area contributed by atoms with Crippen LogP contribution in [0.5, 0.6) is 0 Å². The van der Waals surface area contributed by atoms with E-state index in [1.54, 1.807) is 0 Å². The summed E-state index contributed by atoms with van der Waals surface area (Å²) in [4.78, 5) is 6.79. The number of nitrogens with zero attached hydrogens (tertiary/aromatic N) is 3. The molecule has 0 spiro atoms. The lowest BCUT2D eigenvalue weighted by Crippen LogP contribution is -2.40. The Kier molecular flexibility index (Phi) is 2.84. The lowest BCUT2D eigenvalue weighted by atomic mass is 10.2. The summed E-state index contributed by atoms with van der Waals surface area (Å²) in [6.45, 7) is 6.15. The highest BCUT2D eigenvalue weighted by Gasteiger charge is 2.20. The average molecular weight is 194 g/mol. The summed E-state index contributed by atoms with van der Waals surface area (Å²) in [5.74, 6) is 1.18. The molecule has 1 aromatic rings. The highest BCUT2D eigenvalue weighted by molar-refractivity contribution is 4.96. The molecule has 2 N–H and O–H groups in total. The third-order valence-electron chi connectivity index (χ3n) is 2.98. The maximum absolute atomic E-state index is 5.56. The summed E-state index contributed by atoms with van der Waals surface area (Å²) >= 11 is 0. The van der Waals surface area contributed by atoms with Crippen molar-refractivity contribution < 1.29 is 0 Å². The zero-order chi connectivity index (χ0) is 9.97. The van der Waals surface area contributed by atoms with Gasteiger partial charge in [-0.25, -0.2) is 4.98 Å². The minimum Gasteiger partial charge on any atom is -0.333 e. The molecular formula is C10H18N4. The van der Waals surface area contributed by atoms with Crippen LogP contribution in [0.25, 0.3) is 0 Å². The Morgan fingerprint density at radius 1 is 1.57 bits per heavy atom. The maximum atomic E-state index is 5.56. The zero-order valence-electron chi connectivity index (χ0n) is 8.69. The second-order valence-corrected chi connectivity index (χ2v) is 3.93. The van der Waals surface area contributed by atoms with Gasteiger partial charge in [-0.05, 0) is 19.9 Å². The molecule has 0 fully saturated rings. The molecule has 4 nitrogen and oxygen atoms in total. The Hall–Kier alpha value is -0.870. The number of rotatable bonds is 3. The molecule has 78 valence electrons. The molecule has 1 unspecified atom stereocenters. The largest absolute Gasteiger partial charge is 0.333 e. The summed E-state index contributed by atoms with van der Waals surface area (Å²) in [7, 11) is 0. The van der Waals surface area contributed by atoms with Gasteiger partial charge in [0.05, 0.1) is 6.54 Å². The Balaban J connectivity index is 2.00. The fourth-order valence-corrected chi connectivity index (χ4v) is 1.99. The molecule has 14 heavy (non-hydrogen) atoms. The van der Waals surface area contributed by atoms with E-state index in [1.807, 2.05) is 6.20 Å². The van der Waals surface area contributed by atoms with Crippen LogP contribution in [0.1, 0.15) is 19.2 Å². The monoisotopic (exact) mass is 194 g/mol. The molecule has 1 aromatic heterocycles.